The van der Waals surface area contributed by atoms with E-state index in [0.717, 1.165) is 38.1 Å². The molecule has 0 aromatic carbocycles. The molecule has 18 heavy (non-hydrogen) atoms. The van der Waals surface area contributed by atoms with Crippen molar-refractivity contribution in [2.75, 3.05) is 6.61 Å². The predicted molar refractivity (Wildman–Crippen MR) is 71.0 cm³/mol. The van der Waals surface area contributed by atoms with E-state index in [9.17, 15) is 0 Å². The number of aromatic nitrogens is 2. The van der Waals surface area contributed by atoms with Gasteiger partial charge in [0.25, 0.3) is 0 Å². The van der Waals surface area contributed by atoms with Crippen LogP contribution in [0.3, 0.4) is 0 Å². The minimum absolute atomic E-state index is 0.126. The van der Waals surface area contributed by atoms with Crippen molar-refractivity contribution < 1.29 is 4.74 Å². The summed E-state index contributed by atoms with van der Waals surface area (Å²) in [7, 11) is 0. The molecule has 5 nitrogen and oxygen atoms in total. The van der Waals surface area contributed by atoms with Crippen LogP contribution in [-0.4, -0.2) is 28.0 Å². The summed E-state index contributed by atoms with van der Waals surface area (Å²) in [5, 5.41) is 4.47. The molecule has 1 aromatic heterocycles. The first-order chi connectivity index (χ1) is 8.59. The molecule has 1 aliphatic rings. The Hall–Kier alpha value is -0.910. The number of nitrogens with two attached hydrogens (primary N) is 1. The lowest BCUT2D eigenvalue weighted by atomic mass is 9.90. The molecule has 0 spiro atoms. The van der Waals surface area contributed by atoms with E-state index in [-0.39, 0.29) is 11.6 Å². The number of nitrogens with one attached hydrogen (secondary N) is 1. The first-order valence-corrected chi connectivity index (χ1v) is 6.72. The topological polar surface area (TPSA) is 65.1 Å². The van der Waals surface area contributed by atoms with Gasteiger partial charge in [-0.2, -0.15) is 5.10 Å². The summed E-state index contributed by atoms with van der Waals surface area (Å²) in [6, 6.07) is 2.26. The van der Waals surface area contributed by atoms with Gasteiger partial charge in [0.2, 0.25) is 0 Å². The van der Waals surface area contributed by atoms with Crippen molar-refractivity contribution >= 4 is 0 Å². The second-order valence-electron chi connectivity index (χ2n) is 5.28. The van der Waals surface area contributed by atoms with Crippen molar-refractivity contribution in [3.8, 4) is 0 Å². The molecule has 5 heteroatoms. The largest absolute Gasteiger partial charge is 0.374 e. The molecule has 0 bridgehead atoms. The highest BCUT2D eigenvalue weighted by atomic mass is 16.5. The second kappa shape index (κ2) is 5.38. The molecule has 2 heterocycles. The molecule has 2 unspecified atom stereocenters. The van der Waals surface area contributed by atoms with Crippen LogP contribution in [0.4, 0.5) is 0 Å². The van der Waals surface area contributed by atoms with Gasteiger partial charge in [-0.05, 0) is 39.7 Å². The number of ether oxygens (including phenoxy) is 1. The lowest BCUT2D eigenvalue weighted by Gasteiger charge is -2.32. The lowest BCUT2D eigenvalue weighted by molar-refractivity contribution is -0.0119. The van der Waals surface area contributed by atoms with Crippen LogP contribution in [0, 0.1) is 6.92 Å². The fourth-order valence-corrected chi connectivity index (χ4v) is 2.77. The van der Waals surface area contributed by atoms with Crippen molar-refractivity contribution in [3.63, 3.8) is 0 Å². The van der Waals surface area contributed by atoms with E-state index in [0.29, 0.717) is 0 Å². The van der Waals surface area contributed by atoms with Crippen LogP contribution in [0.25, 0.3) is 0 Å². The van der Waals surface area contributed by atoms with E-state index in [1.807, 2.05) is 11.6 Å². The van der Waals surface area contributed by atoms with Crippen molar-refractivity contribution in [1.82, 2.24) is 15.2 Å². The van der Waals surface area contributed by atoms with E-state index < -0.39 is 0 Å². The van der Waals surface area contributed by atoms with Crippen molar-refractivity contribution in [2.24, 2.45) is 5.84 Å². The Balaban J connectivity index is 2.14. The number of rotatable bonds is 5. The van der Waals surface area contributed by atoms with Crippen LogP contribution < -0.4 is 11.3 Å². The van der Waals surface area contributed by atoms with Gasteiger partial charge in [0.15, 0.2) is 0 Å². The highest BCUT2D eigenvalue weighted by Crippen LogP contribution is 2.30. The molecule has 1 aromatic rings. The van der Waals surface area contributed by atoms with Gasteiger partial charge in [-0.25, -0.2) is 0 Å². The van der Waals surface area contributed by atoms with Gasteiger partial charge >= 0.3 is 0 Å². The fourth-order valence-electron chi connectivity index (χ4n) is 2.77. The monoisotopic (exact) mass is 252 g/mol. The molecule has 2 atom stereocenters. The highest BCUT2D eigenvalue weighted by molar-refractivity contribution is 5.12. The Morgan fingerprint density at radius 2 is 2.44 bits per heavy atom. The van der Waals surface area contributed by atoms with E-state index in [4.69, 9.17) is 10.6 Å². The molecule has 0 saturated carbocycles. The summed E-state index contributed by atoms with van der Waals surface area (Å²) in [4.78, 5) is 0. The maximum atomic E-state index is 5.87. The minimum Gasteiger partial charge on any atom is -0.374 e. The molecule has 1 saturated heterocycles. The Bertz CT molecular complexity index is 396. The Morgan fingerprint density at radius 1 is 1.67 bits per heavy atom. The summed E-state index contributed by atoms with van der Waals surface area (Å²) >= 11 is 0. The van der Waals surface area contributed by atoms with Crippen LogP contribution in [0.15, 0.2) is 6.07 Å². The first kappa shape index (κ1) is 13.5. The van der Waals surface area contributed by atoms with Gasteiger partial charge in [-0.1, -0.05) is 0 Å². The van der Waals surface area contributed by atoms with Gasteiger partial charge in [-0.3, -0.25) is 16.0 Å². The van der Waals surface area contributed by atoms with Gasteiger partial charge in [-0.15, -0.1) is 0 Å². The summed E-state index contributed by atoms with van der Waals surface area (Å²) in [6.07, 6.45) is 3.02. The number of hydrogen-bond donors (Lipinski definition) is 2. The summed E-state index contributed by atoms with van der Waals surface area (Å²) < 4.78 is 7.91. The van der Waals surface area contributed by atoms with Crippen LogP contribution in [-0.2, 0) is 17.7 Å². The fraction of sp³-hybridized carbons (Fsp3) is 0.769. The highest BCUT2D eigenvalue weighted by Gasteiger charge is 2.38. The molecule has 2 rings (SSSR count). The van der Waals surface area contributed by atoms with Crippen molar-refractivity contribution in [2.45, 2.75) is 58.2 Å². The number of hydrazine groups is 1. The minimum atomic E-state index is -0.161. The Labute approximate surface area is 109 Å². The molecule has 0 amide bonds. The van der Waals surface area contributed by atoms with Gasteiger partial charge < -0.3 is 4.74 Å². The van der Waals surface area contributed by atoms with Gasteiger partial charge in [0, 0.05) is 25.3 Å². The third-order valence-electron chi connectivity index (χ3n) is 3.89. The molecular formula is C13H24N4O. The normalized spacial score (nSPS) is 25.6. The quantitative estimate of drug-likeness (QED) is 0.609. The van der Waals surface area contributed by atoms with Crippen molar-refractivity contribution in [1.29, 1.82) is 0 Å². The molecule has 3 N–H and O–H groups in total. The zero-order valence-corrected chi connectivity index (χ0v) is 11.6. The van der Waals surface area contributed by atoms with Crippen LogP contribution in [0.1, 0.15) is 38.1 Å². The number of hydrogen-bond acceptors (Lipinski definition) is 4. The molecule has 0 aliphatic carbocycles. The number of nitrogens with zero attached hydrogens (tertiary/aromatic N) is 2. The molecule has 1 fully saturated rings. The summed E-state index contributed by atoms with van der Waals surface area (Å²) in [5.74, 6) is 5.72. The average molecular weight is 252 g/mol. The van der Waals surface area contributed by atoms with Gasteiger partial charge in [0.1, 0.15) is 0 Å². The standard InChI is InChI=1S/C13H24N4O/c1-4-17-11(8-10(2)16-17)9-12(15-14)13(3)6-5-7-18-13/h8,12,15H,4-7,9,14H2,1-3H3. The maximum Gasteiger partial charge on any atom is 0.0824 e. The second-order valence-corrected chi connectivity index (χ2v) is 5.28. The summed E-state index contributed by atoms with van der Waals surface area (Å²) in [6.45, 7) is 7.99. The predicted octanol–water partition coefficient (Wildman–Crippen LogP) is 1.15. The zero-order valence-electron chi connectivity index (χ0n) is 11.6. The first-order valence-electron chi connectivity index (χ1n) is 6.72. The Morgan fingerprint density at radius 3 is 3.00 bits per heavy atom. The van der Waals surface area contributed by atoms with E-state index in [1.54, 1.807) is 0 Å². The smallest absolute Gasteiger partial charge is 0.0824 e. The lowest BCUT2D eigenvalue weighted by Crippen LogP contribution is -2.52. The molecule has 102 valence electrons. The summed E-state index contributed by atoms with van der Waals surface area (Å²) in [5.41, 5.74) is 5.04. The number of aryl methyl sites for hydroxylation is 2. The van der Waals surface area contributed by atoms with Gasteiger partial charge in [0.05, 0.1) is 17.3 Å². The molecular weight excluding hydrogens is 228 g/mol. The van der Waals surface area contributed by atoms with Crippen LogP contribution in [0.2, 0.25) is 0 Å². The van der Waals surface area contributed by atoms with Crippen LogP contribution in [0.5, 0.6) is 0 Å². The molecule has 0 radical (unpaired) electrons. The van der Waals surface area contributed by atoms with Crippen LogP contribution >= 0.6 is 0 Å². The van der Waals surface area contributed by atoms with E-state index in [1.165, 1.54) is 5.69 Å². The Kier molecular flexibility index (Phi) is 4.04. The molecule has 1 aliphatic heterocycles. The van der Waals surface area contributed by atoms with Crippen molar-refractivity contribution in [3.05, 3.63) is 17.5 Å². The third kappa shape index (κ3) is 2.58. The average Bonchev–Trinajstić information content (AvgIpc) is 2.93. The zero-order chi connectivity index (χ0) is 13.2. The third-order valence-corrected chi connectivity index (χ3v) is 3.89. The van der Waals surface area contributed by atoms with E-state index in [2.05, 4.69) is 30.4 Å². The maximum absolute atomic E-state index is 5.87. The SMILES string of the molecule is CCn1nc(C)cc1CC(NN)C1(C)CCCO1. The van der Waals surface area contributed by atoms with E-state index >= 15 is 0 Å².